The standard InChI is InChI=1S/C27H36N8O2/c1-2-31-13-3-4-25(31)26(36)33-18-20-34(21-19-33)27(37)29-23-10-14-32(15-11-23)24-7-5-22(6-8-24)9-16-35-17-12-28-30-35/h3-8,12-13,17,23H,2,9-11,14-16,18-21H2,1H3,(H,29,37). The molecule has 0 unspecified atom stereocenters. The van der Waals surface area contributed by atoms with Gasteiger partial charge in [0.25, 0.3) is 5.91 Å². The van der Waals surface area contributed by atoms with Gasteiger partial charge >= 0.3 is 6.03 Å². The highest BCUT2D eigenvalue weighted by Crippen LogP contribution is 2.21. The molecule has 4 heterocycles. The van der Waals surface area contributed by atoms with E-state index < -0.39 is 0 Å². The summed E-state index contributed by atoms with van der Waals surface area (Å²) in [5.74, 6) is 0.0440. The SMILES string of the molecule is CCn1cccc1C(=O)N1CCN(C(=O)NC2CCN(c3ccc(CCn4ccnn4)cc3)CC2)CC1. The molecule has 2 fully saturated rings. The van der Waals surface area contributed by atoms with Gasteiger partial charge in [0.2, 0.25) is 0 Å². The van der Waals surface area contributed by atoms with Crippen LogP contribution in [0.25, 0.3) is 0 Å². The van der Waals surface area contributed by atoms with Gasteiger partial charge in [-0.05, 0) is 56.0 Å². The lowest BCUT2D eigenvalue weighted by Crippen LogP contribution is -2.55. The third kappa shape index (κ3) is 5.95. The zero-order valence-corrected chi connectivity index (χ0v) is 21.5. The number of aryl methyl sites for hydroxylation is 3. The molecule has 0 aliphatic carbocycles. The molecule has 0 atom stereocenters. The Morgan fingerprint density at radius 1 is 0.946 bits per heavy atom. The molecule has 2 saturated heterocycles. The van der Waals surface area contributed by atoms with E-state index in [0.717, 1.165) is 45.4 Å². The van der Waals surface area contributed by atoms with E-state index in [-0.39, 0.29) is 18.0 Å². The van der Waals surface area contributed by atoms with E-state index >= 15 is 0 Å². The highest BCUT2D eigenvalue weighted by Gasteiger charge is 2.28. The predicted molar refractivity (Wildman–Crippen MR) is 142 cm³/mol. The van der Waals surface area contributed by atoms with Crippen LogP contribution in [-0.4, -0.2) is 86.6 Å². The first-order chi connectivity index (χ1) is 18.1. The molecule has 1 aromatic carbocycles. The lowest BCUT2D eigenvalue weighted by Gasteiger charge is -2.37. The summed E-state index contributed by atoms with van der Waals surface area (Å²) >= 11 is 0. The van der Waals surface area contributed by atoms with Gasteiger partial charge in [-0.15, -0.1) is 5.10 Å². The van der Waals surface area contributed by atoms with Crippen LogP contribution >= 0.6 is 0 Å². The van der Waals surface area contributed by atoms with Gasteiger partial charge in [-0.25, -0.2) is 4.79 Å². The van der Waals surface area contributed by atoms with Crippen molar-refractivity contribution in [1.29, 1.82) is 0 Å². The molecule has 10 heteroatoms. The number of aromatic nitrogens is 4. The number of hydrogen-bond donors (Lipinski definition) is 1. The molecule has 0 spiro atoms. The lowest BCUT2D eigenvalue weighted by atomic mass is 10.0. The molecule has 37 heavy (non-hydrogen) atoms. The topological polar surface area (TPSA) is 91.5 Å². The zero-order chi connectivity index (χ0) is 25.6. The molecule has 2 aliphatic heterocycles. The molecule has 0 saturated carbocycles. The van der Waals surface area contributed by atoms with Crippen LogP contribution in [0.3, 0.4) is 0 Å². The van der Waals surface area contributed by atoms with Crippen molar-refractivity contribution < 1.29 is 9.59 Å². The first-order valence-corrected chi connectivity index (χ1v) is 13.3. The first kappa shape index (κ1) is 24.9. The second-order valence-corrected chi connectivity index (χ2v) is 9.75. The molecule has 0 radical (unpaired) electrons. The number of benzene rings is 1. The van der Waals surface area contributed by atoms with Crippen LogP contribution in [0.15, 0.2) is 55.0 Å². The lowest BCUT2D eigenvalue weighted by molar-refractivity contribution is 0.0652. The molecule has 5 rings (SSSR count). The van der Waals surface area contributed by atoms with Gasteiger partial charge in [0.15, 0.2) is 0 Å². The Hall–Kier alpha value is -3.82. The van der Waals surface area contributed by atoms with E-state index in [1.54, 1.807) is 6.20 Å². The number of hydrogen-bond acceptors (Lipinski definition) is 5. The van der Waals surface area contributed by atoms with Crippen molar-refractivity contribution in [1.82, 2.24) is 34.7 Å². The summed E-state index contributed by atoms with van der Waals surface area (Å²) < 4.78 is 3.81. The maximum Gasteiger partial charge on any atom is 0.317 e. The fourth-order valence-corrected chi connectivity index (χ4v) is 5.18. The van der Waals surface area contributed by atoms with E-state index in [4.69, 9.17) is 0 Å². The number of piperidine rings is 1. The van der Waals surface area contributed by atoms with Crippen molar-refractivity contribution in [2.45, 2.75) is 45.3 Å². The number of anilines is 1. The van der Waals surface area contributed by atoms with Crippen molar-refractivity contribution >= 4 is 17.6 Å². The zero-order valence-electron chi connectivity index (χ0n) is 21.5. The maximum atomic E-state index is 12.9. The first-order valence-electron chi connectivity index (χ1n) is 13.3. The Balaban J connectivity index is 1.04. The molecule has 3 amide bonds. The Kier molecular flexibility index (Phi) is 7.72. The summed E-state index contributed by atoms with van der Waals surface area (Å²) in [6.07, 6.45) is 8.28. The molecular weight excluding hydrogens is 468 g/mol. The van der Waals surface area contributed by atoms with Gasteiger partial charge in [-0.3, -0.25) is 9.48 Å². The van der Waals surface area contributed by atoms with Crippen molar-refractivity contribution in [3.05, 3.63) is 66.2 Å². The quantitative estimate of drug-likeness (QED) is 0.534. The molecule has 10 nitrogen and oxygen atoms in total. The number of nitrogens with one attached hydrogen (secondary N) is 1. The predicted octanol–water partition coefficient (Wildman–Crippen LogP) is 2.48. The fourth-order valence-electron chi connectivity index (χ4n) is 5.18. The largest absolute Gasteiger partial charge is 0.371 e. The van der Waals surface area contributed by atoms with Crippen LogP contribution in [0, 0.1) is 0 Å². The molecule has 0 bridgehead atoms. The van der Waals surface area contributed by atoms with Gasteiger partial charge in [-0.1, -0.05) is 17.3 Å². The van der Waals surface area contributed by atoms with E-state index in [9.17, 15) is 9.59 Å². The Morgan fingerprint density at radius 2 is 1.68 bits per heavy atom. The minimum atomic E-state index is -0.0146. The van der Waals surface area contributed by atoms with Crippen molar-refractivity contribution in [3.63, 3.8) is 0 Å². The summed E-state index contributed by atoms with van der Waals surface area (Å²) in [6, 6.07) is 12.7. The third-order valence-corrected chi connectivity index (χ3v) is 7.47. The van der Waals surface area contributed by atoms with Crippen LogP contribution in [0.2, 0.25) is 0 Å². The van der Waals surface area contributed by atoms with Crippen LogP contribution < -0.4 is 10.2 Å². The van der Waals surface area contributed by atoms with E-state index in [0.29, 0.717) is 31.9 Å². The molecule has 2 aliphatic rings. The summed E-state index contributed by atoms with van der Waals surface area (Å²) in [4.78, 5) is 31.8. The number of nitrogens with zero attached hydrogens (tertiary/aromatic N) is 7. The van der Waals surface area contributed by atoms with Crippen molar-refractivity contribution in [2.24, 2.45) is 0 Å². The van der Waals surface area contributed by atoms with Gasteiger partial charge < -0.3 is 24.6 Å². The number of urea groups is 1. The minimum absolute atomic E-state index is 0.0146. The number of carbonyl (C=O) groups excluding carboxylic acids is 2. The average molecular weight is 505 g/mol. The Morgan fingerprint density at radius 3 is 2.35 bits per heavy atom. The number of rotatable bonds is 7. The molecule has 196 valence electrons. The minimum Gasteiger partial charge on any atom is -0.371 e. The van der Waals surface area contributed by atoms with E-state index in [1.807, 2.05) is 50.5 Å². The Labute approximate surface area is 217 Å². The third-order valence-electron chi connectivity index (χ3n) is 7.47. The number of carbonyl (C=O) groups is 2. The summed E-state index contributed by atoms with van der Waals surface area (Å²) in [5, 5.41) is 11.1. The van der Waals surface area contributed by atoms with Crippen LogP contribution in [-0.2, 0) is 19.5 Å². The highest BCUT2D eigenvalue weighted by atomic mass is 16.2. The Bertz CT molecular complexity index is 1160. The summed E-state index contributed by atoms with van der Waals surface area (Å²) in [5.41, 5.74) is 3.22. The second-order valence-electron chi connectivity index (χ2n) is 9.75. The van der Waals surface area contributed by atoms with Gasteiger partial charge in [0, 0.05) is 76.5 Å². The van der Waals surface area contributed by atoms with Gasteiger partial charge in [0.1, 0.15) is 5.69 Å². The molecular formula is C27H36N8O2. The maximum absolute atomic E-state index is 12.9. The van der Waals surface area contributed by atoms with Crippen LogP contribution in [0.4, 0.5) is 10.5 Å². The van der Waals surface area contributed by atoms with Crippen molar-refractivity contribution in [3.8, 4) is 0 Å². The van der Waals surface area contributed by atoms with Gasteiger partial charge in [-0.2, -0.15) is 0 Å². The van der Waals surface area contributed by atoms with E-state index in [1.165, 1.54) is 11.3 Å². The monoisotopic (exact) mass is 504 g/mol. The van der Waals surface area contributed by atoms with Crippen molar-refractivity contribution in [2.75, 3.05) is 44.2 Å². The molecule has 2 aromatic heterocycles. The molecule has 1 N–H and O–H groups in total. The average Bonchev–Trinajstić information content (AvgIpc) is 3.65. The second kappa shape index (κ2) is 11.5. The van der Waals surface area contributed by atoms with E-state index in [2.05, 4.69) is 44.8 Å². The number of piperazine rings is 1. The van der Waals surface area contributed by atoms with Crippen LogP contribution in [0.1, 0.15) is 35.8 Å². The normalized spacial score (nSPS) is 16.7. The smallest absolute Gasteiger partial charge is 0.317 e. The number of amides is 3. The summed E-state index contributed by atoms with van der Waals surface area (Å²) in [7, 11) is 0. The van der Waals surface area contributed by atoms with Gasteiger partial charge in [0.05, 0.1) is 6.20 Å². The fraction of sp³-hybridized carbons (Fsp3) is 0.481. The summed E-state index contributed by atoms with van der Waals surface area (Å²) in [6.45, 7) is 7.71. The highest BCUT2D eigenvalue weighted by molar-refractivity contribution is 5.93. The van der Waals surface area contributed by atoms with Crippen LogP contribution in [0.5, 0.6) is 0 Å². The molecule has 3 aromatic rings.